The summed E-state index contributed by atoms with van der Waals surface area (Å²) >= 11 is 1.30. The van der Waals surface area contributed by atoms with Crippen LogP contribution in [0.5, 0.6) is 0 Å². The van der Waals surface area contributed by atoms with Gasteiger partial charge < -0.3 is 10.2 Å². The summed E-state index contributed by atoms with van der Waals surface area (Å²) in [5.41, 5.74) is 2.99. The Kier molecular flexibility index (Phi) is 7.13. The SMILES string of the molecule is CCC(=O)N[C@H](Cc1ccccc1)C(=O)Nc1nnc(-c2ccc(N(C)C)cc2)s1. The van der Waals surface area contributed by atoms with Gasteiger partial charge in [0.1, 0.15) is 11.0 Å². The molecule has 0 bridgehead atoms. The lowest BCUT2D eigenvalue weighted by Gasteiger charge is -2.17. The highest BCUT2D eigenvalue weighted by Gasteiger charge is 2.22. The van der Waals surface area contributed by atoms with Gasteiger partial charge in [-0.25, -0.2) is 0 Å². The third-order valence-electron chi connectivity index (χ3n) is 4.54. The number of aromatic nitrogens is 2. The Morgan fingerprint density at radius 2 is 1.73 bits per heavy atom. The minimum atomic E-state index is -0.688. The minimum Gasteiger partial charge on any atom is -0.378 e. The number of carbonyl (C=O) groups excluding carboxylic acids is 2. The van der Waals surface area contributed by atoms with Gasteiger partial charge in [0.05, 0.1) is 0 Å². The van der Waals surface area contributed by atoms with Gasteiger partial charge in [0.2, 0.25) is 16.9 Å². The lowest BCUT2D eigenvalue weighted by atomic mass is 10.1. The first-order valence-electron chi connectivity index (χ1n) is 9.71. The third-order valence-corrected chi connectivity index (χ3v) is 5.43. The molecule has 2 N–H and O–H groups in total. The fourth-order valence-electron chi connectivity index (χ4n) is 2.84. The Hall–Kier alpha value is -3.26. The molecule has 0 unspecified atom stereocenters. The van der Waals surface area contributed by atoms with Crippen molar-refractivity contribution in [2.75, 3.05) is 24.3 Å². The molecule has 1 atom stereocenters. The molecular weight excluding hydrogens is 398 g/mol. The number of hydrogen-bond donors (Lipinski definition) is 2. The van der Waals surface area contributed by atoms with Crippen LogP contribution in [0.2, 0.25) is 0 Å². The van der Waals surface area contributed by atoms with Crippen LogP contribution in [-0.4, -0.2) is 42.1 Å². The molecule has 0 fully saturated rings. The average molecular weight is 424 g/mol. The summed E-state index contributed by atoms with van der Waals surface area (Å²) in [7, 11) is 3.97. The molecule has 1 heterocycles. The molecule has 8 heteroatoms. The van der Waals surface area contributed by atoms with E-state index in [1.54, 1.807) is 6.92 Å². The van der Waals surface area contributed by atoms with Crippen molar-refractivity contribution in [3.63, 3.8) is 0 Å². The predicted octanol–water partition coefficient (Wildman–Crippen LogP) is 3.35. The Morgan fingerprint density at radius 3 is 2.37 bits per heavy atom. The van der Waals surface area contributed by atoms with Gasteiger partial charge >= 0.3 is 0 Å². The van der Waals surface area contributed by atoms with Crippen molar-refractivity contribution >= 4 is 34.0 Å². The second kappa shape index (κ2) is 9.98. The smallest absolute Gasteiger partial charge is 0.249 e. The summed E-state index contributed by atoms with van der Waals surface area (Å²) in [4.78, 5) is 26.8. The van der Waals surface area contributed by atoms with Crippen LogP contribution in [0, 0.1) is 0 Å². The number of anilines is 2. The molecule has 30 heavy (non-hydrogen) atoms. The van der Waals surface area contributed by atoms with Crippen molar-refractivity contribution in [1.29, 1.82) is 0 Å². The summed E-state index contributed by atoms with van der Waals surface area (Å²) in [6.07, 6.45) is 0.709. The van der Waals surface area contributed by atoms with Crippen molar-refractivity contribution in [3.05, 3.63) is 60.2 Å². The van der Waals surface area contributed by atoms with E-state index in [0.717, 1.165) is 16.8 Å². The summed E-state index contributed by atoms with van der Waals surface area (Å²) in [5, 5.41) is 15.0. The molecule has 7 nitrogen and oxygen atoms in total. The molecule has 0 aliphatic rings. The number of nitrogens with zero attached hydrogens (tertiary/aromatic N) is 3. The van der Waals surface area contributed by atoms with E-state index in [0.29, 0.717) is 23.0 Å². The molecule has 0 aliphatic heterocycles. The fraction of sp³-hybridized carbons (Fsp3) is 0.273. The molecule has 156 valence electrons. The third kappa shape index (κ3) is 5.64. The van der Waals surface area contributed by atoms with Crippen molar-refractivity contribution in [2.45, 2.75) is 25.8 Å². The van der Waals surface area contributed by atoms with E-state index in [2.05, 4.69) is 20.8 Å². The van der Waals surface area contributed by atoms with E-state index >= 15 is 0 Å². The molecule has 0 aliphatic carbocycles. The largest absolute Gasteiger partial charge is 0.378 e. The molecule has 2 amide bonds. The van der Waals surface area contributed by atoms with Crippen LogP contribution in [0.3, 0.4) is 0 Å². The summed E-state index contributed by atoms with van der Waals surface area (Å²) in [5.74, 6) is -0.490. The molecule has 1 aromatic heterocycles. The number of hydrogen-bond acceptors (Lipinski definition) is 6. The van der Waals surface area contributed by atoms with Gasteiger partial charge in [-0.15, -0.1) is 10.2 Å². The van der Waals surface area contributed by atoms with Gasteiger partial charge in [0, 0.05) is 38.2 Å². The Morgan fingerprint density at radius 1 is 1.03 bits per heavy atom. The standard InChI is InChI=1S/C22H25N5O2S/c1-4-19(28)23-18(14-15-8-6-5-7-9-15)20(29)24-22-26-25-21(30-22)16-10-12-17(13-11-16)27(2)3/h5-13,18H,4,14H2,1-3H3,(H,23,28)(H,24,26,29)/t18-/m1/s1. The van der Waals surface area contributed by atoms with Gasteiger partial charge in [-0.1, -0.05) is 48.6 Å². The normalized spacial score (nSPS) is 11.6. The van der Waals surface area contributed by atoms with E-state index in [4.69, 9.17) is 0 Å². The number of amides is 2. The van der Waals surface area contributed by atoms with E-state index < -0.39 is 6.04 Å². The average Bonchev–Trinajstić information content (AvgIpc) is 3.22. The second-order valence-electron chi connectivity index (χ2n) is 7.01. The molecule has 3 aromatic rings. The van der Waals surface area contributed by atoms with Gasteiger partial charge in [0.25, 0.3) is 0 Å². The van der Waals surface area contributed by atoms with E-state index in [-0.39, 0.29) is 11.8 Å². The minimum absolute atomic E-state index is 0.176. The van der Waals surface area contributed by atoms with Crippen LogP contribution >= 0.6 is 11.3 Å². The Labute approximate surface area is 180 Å². The van der Waals surface area contributed by atoms with Gasteiger partial charge in [0.15, 0.2) is 0 Å². The van der Waals surface area contributed by atoms with Crippen LogP contribution < -0.4 is 15.5 Å². The molecule has 0 saturated carbocycles. The van der Waals surface area contributed by atoms with Crippen molar-refractivity contribution in [1.82, 2.24) is 15.5 Å². The Balaban J connectivity index is 1.71. The maximum atomic E-state index is 12.8. The van der Waals surface area contributed by atoms with Crippen LogP contribution in [0.15, 0.2) is 54.6 Å². The quantitative estimate of drug-likeness (QED) is 0.580. The molecule has 3 rings (SSSR count). The number of nitrogens with one attached hydrogen (secondary N) is 2. The van der Waals surface area contributed by atoms with Gasteiger partial charge in [-0.3, -0.25) is 14.9 Å². The lowest BCUT2D eigenvalue weighted by Crippen LogP contribution is -2.45. The number of carbonyl (C=O) groups is 2. The van der Waals surface area contributed by atoms with Gasteiger partial charge in [-0.2, -0.15) is 0 Å². The van der Waals surface area contributed by atoms with Crippen LogP contribution in [-0.2, 0) is 16.0 Å². The first kappa shape index (κ1) is 21.4. The molecule has 0 saturated heterocycles. The predicted molar refractivity (Wildman–Crippen MR) is 121 cm³/mol. The first-order valence-corrected chi connectivity index (χ1v) is 10.5. The molecule has 0 spiro atoms. The fourth-order valence-corrected chi connectivity index (χ4v) is 3.59. The van der Waals surface area contributed by atoms with E-state index in [1.165, 1.54) is 11.3 Å². The van der Waals surface area contributed by atoms with Gasteiger partial charge in [-0.05, 0) is 29.8 Å². The van der Waals surface area contributed by atoms with Crippen LogP contribution in [0.25, 0.3) is 10.6 Å². The maximum absolute atomic E-state index is 12.8. The zero-order valence-corrected chi connectivity index (χ0v) is 18.1. The topological polar surface area (TPSA) is 87.2 Å². The van der Waals surface area contributed by atoms with Crippen molar-refractivity contribution in [2.24, 2.45) is 0 Å². The van der Waals surface area contributed by atoms with Crippen LogP contribution in [0.1, 0.15) is 18.9 Å². The number of benzene rings is 2. The summed E-state index contributed by atoms with van der Waals surface area (Å²) in [6.45, 7) is 1.76. The lowest BCUT2D eigenvalue weighted by molar-refractivity contribution is -0.126. The van der Waals surface area contributed by atoms with Crippen molar-refractivity contribution in [3.8, 4) is 10.6 Å². The monoisotopic (exact) mass is 423 g/mol. The first-order chi connectivity index (χ1) is 14.5. The summed E-state index contributed by atoms with van der Waals surface area (Å²) < 4.78 is 0. The molecule has 2 aromatic carbocycles. The summed E-state index contributed by atoms with van der Waals surface area (Å²) in [6, 6.07) is 16.9. The van der Waals surface area contributed by atoms with Crippen molar-refractivity contribution < 1.29 is 9.59 Å². The Bertz CT molecular complexity index is 986. The highest BCUT2D eigenvalue weighted by atomic mass is 32.1. The zero-order chi connectivity index (χ0) is 21.5. The molecule has 0 radical (unpaired) electrons. The molecular formula is C22H25N5O2S. The number of rotatable bonds is 8. The highest BCUT2D eigenvalue weighted by molar-refractivity contribution is 7.18. The highest BCUT2D eigenvalue weighted by Crippen LogP contribution is 2.28. The van der Waals surface area contributed by atoms with E-state index in [9.17, 15) is 9.59 Å². The second-order valence-corrected chi connectivity index (χ2v) is 7.98. The zero-order valence-electron chi connectivity index (χ0n) is 17.3. The van der Waals surface area contributed by atoms with E-state index in [1.807, 2.05) is 73.6 Å². The van der Waals surface area contributed by atoms with Crippen LogP contribution in [0.4, 0.5) is 10.8 Å². The maximum Gasteiger partial charge on any atom is 0.249 e.